The largest absolute Gasteiger partial charge is 0.322 e. The average Bonchev–Trinajstić information content (AvgIpc) is 3.03. The summed E-state index contributed by atoms with van der Waals surface area (Å²) in [5.41, 5.74) is 2.78. The predicted molar refractivity (Wildman–Crippen MR) is 105 cm³/mol. The van der Waals surface area contributed by atoms with Crippen LogP contribution in [0.1, 0.15) is 18.0 Å². The zero-order valence-electron chi connectivity index (χ0n) is 14.5. The first-order valence-electron chi connectivity index (χ1n) is 8.36. The molecule has 0 aliphatic rings. The van der Waals surface area contributed by atoms with Crippen molar-refractivity contribution in [1.82, 2.24) is 19.5 Å². The van der Waals surface area contributed by atoms with Gasteiger partial charge in [0, 0.05) is 7.05 Å². The molecule has 0 unspecified atom stereocenters. The first-order chi connectivity index (χ1) is 12.6. The van der Waals surface area contributed by atoms with Gasteiger partial charge in [0.05, 0.1) is 28.0 Å². The molecule has 0 saturated heterocycles. The summed E-state index contributed by atoms with van der Waals surface area (Å²) in [4.78, 5) is 24.4. The Hall–Kier alpha value is -2.86. The highest BCUT2D eigenvalue weighted by Gasteiger charge is 2.16. The molecule has 5 nitrogen and oxygen atoms in total. The summed E-state index contributed by atoms with van der Waals surface area (Å²) in [5.74, 6) is 0.656. The molecular weight excluding hydrogens is 344 g/mol. The fourth-order valence-corrected chi connectivity index (χ4v) is 3.80. The molecule has 0 bridgehead atoms. The third-order valence-corrected chi connectivity index (χ3v) is 5.48. The maximum absolute atomic E-state index is 12.3. The van der Waals surface area contributed by atoms with Crippen LogP contribution in [0.3, 0.4) is 0 Å². The second-order valence-electron chi connectivity index (χ2n) is 6.08. The first kappa shape index (κ1) is 16.6. The molecule has 0 aliphatic carbocycles. The van der Waals surface area contributed by atoms with Crippen LogP contribution in [0.2, 0.25) is 0 Å². The minimum atomic E-state index is -0.108. The number of aromatic nitrogens is 4. The van der Waals surface area contributed by atoms with Crippen molar-refractivity contribution < 1.29 is 0 Å². The molecule has 4 rings (SSSR count). The van der Waals surface area contributed by atoms with Crippen molar-refractivity contribution in [1.29, 1.82) is 0 Å². The molecule has 26 heavy (non-hydrogen) atoms. The van der Waals surface area contributed by atoms with E-state index >= 15 is 0 Å². The first-order valence-corrected chi connectivity index (χ1v) is 9.24. The molecule has 6 heteroatoms. The number of benzene rings is 2. The lowest BCUT2D eigenvalue weighted by Crippen LogP contribution is -2.13. The number of imidazole rings is 1. The Morgan fingerprint density at radius 2 is 1.81 bits per heavy atom. The van der Waals surface area contributed by atoms with Gasteiger partial charge in [-0.05, 0) is 24.6 Å². The van der Waals surface area contributed by atoms with Crippen LogP contribution in [-0.4, -0.2) is 19.5 Å². The van der Waals surface area contributed by atoms with Gasteiger partial charge in [-0.15, -0.1) is 0 Å². The van der Waals surface area contributed by atoms with E-state index < -0.39 is 0 Å². The number of aromatic amines is 1. The van der Waals surface area contributed by atoms with Gasteiger partial charge in [0.15, 0.2) is 5.16 Å². The number of hydrogen-bond acceptors (Lipinski definition) is 4. The second-order valence-corrected chi connectivity index (χ2v) is 7.39. The molecule has 130 valence electrons. The van der Waals surface area contributed by atoms with E-state index in [1.165, 1.54) is 0 Å². The lowest BCUT2D eigenvalue weighted by molar-refractivity contribution is 0.789. The third kappa shape index (κ3) is 3.04. The number of nitrogens with one attached hydrogen (secondary N) is 1. The fraction of sp³-hybridized carbons (Fsp3) is 0.150. The molecule has 4 aromatic rings. The number of H-pyrrole nitrogens is 1. The van der Waals surface area contributed by atoms with Crippen LogP contribution in [0.25, 0.3) is 22.2 Å². The van der Waals surface area contributed by atoms with E-state index in [1.54, 1.807) is 17.8 Å². The minimum absolute atomic E-state index is 0.0305. The van der Waals surface area contributed by atoms with Crippen LogP contribution in [0, 0.1) is 0 Å². The highest BCUT2D eigenvalue weighted by Crippen LogP contribution is 2.34. The van der Waals surface area contributed by atoms with E-state index in [0.717, 1.165) is 16.4 Å². The van der Waals surface area contributed by atoms with Crippen molar-refractivity contribution in [3.05, 3.63) is 77.0 Å². The zero-order chi connectivity index (χ0) is 18.1. The van der Waals surface area contributed by atoms with Crippen molar-refractivity contribution in [2.45, 2.75) is 17.3 Å². The van der Waals surface area contributed by atoms with Crippen molar-refractivity contribution in [3.63, 3.8) is 0 Å². The molecular formula is C20H18N4OS. The van der Waals surface area contributed by atoms with Crippen LogP contribution in [0.4, 0.5) is 0 Å². The summed E-state index contributed by atoms with van der Waals surface area (Å²) >= 11 is 1.58. The molecule has 2 aromatic carbocycles. The molecule has 0 fully saturated rings. The van der Waals surface area contributed by atoms with Crippen LogP contribution in [-0.2, 0) is 7.05 Å². The van der Waals surface area contributed by atoms with Gasteiger partial charge in [-0.3, -0.25) is 4.79 Å². The molecule has 0 spiro atoms. The summed E-state index contributed by atoms with van der Waals surface area (Å²) in [6, 6.07) is 17.5. The molecule has 0 aliphatic heterocycles. The predicted octanol–water partition coefficient (Wildman–Crippen LogP) is 4.18. The van der Waals surface area contributed by atoms with Crippen LogP contribution < -0.4 is 5.56 Å². The molecule has 2 aromatic heterocycles. The van der Waals surface area contributed by atoms with E-state index in [-0.39, 0.29) is 10.8 Å². The Kier molecular flexibility index (Phi) is 4.34. The summed E-state index contributed by atoms with van der Waals surface area (Å²) in [5, 5.41) is 1.46. The average molecular weight is 362 g/mol. The molecule has 0 amide bonds. The van der Waals surface area contributed by atoms with Crippen molar-refractivity contribution in [2.75, 3.05) is 0 Å². The number of hydrogen-bond donors (Lipinski definition) is 1. The van der Waals surface area contributed by atoms with Crippen LogP contribution in [0.15, 0.2) is 70.7 Å². The second kappa shape index (κ2) is 6.80. The smallest absolute Gasteiger partial charge is 0.258 e. The van der Waals surface area contributed by atoms with Gasteiger partial charge in [0.1, 0.15) is 5.82 Å². The Morgan fingerprint density at radius 3 is 2.62 bits per heavy atom. The van der Waals surface area contributed by atoms with E-state index in [0.29, 0.717) is 16.7 Å². The molecule has 0 radical (unpaired) electrons. The lowest BCUT2D eigenvalue weighted by atomic mass is 10.2. The van der Waals surface area contributed by atoms with Gasteiger partial charge in [-0.25, -0.2) is 9.97 Å². The quantitative estimate of drug-likeness (QED) is 0.553. The SMILES string of the molecule is C[C@@H](Sc1ncc(-c2ccccc2)n1C)c1nc2ccccc2c(=O)[nH]1. The molecule has 1 atom stereocenters. The van der Waals surface area contributed by atoms with Crippen molar-refractivity contribution in [2.24, 2.45) is 7.05 Å². The number of nitrogens with zero attached hydrogens (tertiary/aromatic N) is 3. The summed E-state index contributed by atoms with van der Waals surface area (Å²) in [7, 11) is 2.00. The summed E-state index contributed by atoms with van der Waals surface area (Å²) in [6.45, 7) is 2.02. The van der Waals surface area contributed by atoms with Gasteiger partial charge in [-0.1, -0.05) is 54.2 Å². The summed E-state index contributed by atoms with van der Waals surface area (Å²) < 4.78 is 2.07. The topological polar surface area (TPSA) is 63.6 Å². The Balaban J connectivity index is 1.64. The number of para-hydroxylation sites is 1. The monoisotopic (exact) mass is 362 g/mol. The highest BCUT2D eigenvalue weighted by atomic mass is 32.2. The van der Waals surface area contributed by atoms with Gasteiger partial charge >= 0.3 is 0 Å². The van der Waals surface area contributed by atoms with E-state index in [9.17, 15) is 4.79 Å². The fourth-order valence-electron chi connectivity index (χ4n) is 2.89. The van der Waals surface area contributed by atoms with Crippen LogP contribution in [0.5, 0.6) is 0 Å². The Labute approximate surface area is 155 Å². The lowest BCUT2D eigenvalue weighted by Gasteiger charge is -2.12. The normalized spacial score (nSPS) is 12.4. The number of rotatable bonds is 4. The standard InChI is InChI=1S/C20H18N4OS/c1-13(18-22-16-11-7-6-10-15(16)19(25)23-18)26-20-21-12-17(24(20)2)14-8-4-3-5-9-14/h3-13H,1-2H3,(H,22,23,25)/t13-/m1/s1. The Bertz CT molecular complexity index is 1120. The van der Waals surface area contributed by atoms with E-state index in [4.69, 9.17) is 0 Å². The highest BCUT2D eigenvalue weighted by molar-refractivity contribution is 7.99. The molecule has 2 heterocycles. The van der Waals surface area contributed by atoms with Gasteiger partial charge < -0.3 is 9.55 Å². The van der Waals surface area contributed by atoms with Gasteiger partial charge in [0.2, 0.25) is 0 Å². The molecule has 0 saturated carbocycles. The Morgan fingerprint density at radius 1 is 1.08 bits per heavy atom. The van der Waals surface area contributed by atoms with Crippen LogP contribution >= 0.6 is 11.8 Å². The minimum Gasteiger partial charge on any atom is -0.322 e. The maximum Gasteiger partial charge on any atom is 0.258 e. The zero-order valence-corrected chi connectivity index (χ0v) is 15.3. The molecule has 1 N–H and O–H groups in total. The van der Waals surface area contributed by atoms with Crippen molar-refractivity contribution in [3.8, 4) is 11.3 Å². The third-order valence-electron chi connectivity index (χ3n) is 4.31. The maximum atomic E-state index is 12.3. The van der Waals surface area contributed by atoms with Gasteiger partial charge in [-0.2, -0.15) is 0 Å². The van der Waals surface area contributed by atoms with E-state index in [1.807, 2.05) is 56.6 Å². The van der Waals surface area contributed by atoms with E-state index in [2.05, 4.69) is 31.7 Å². The summed E-state index contributed by atoms with van der Waals surface area (Å²) in [6.07, 6.45) is 1.88. The number of thioether (sulfide) groups is 1. The van der Waals surface area contributed by atoms with Crippen molar-refractivity contribution >= 4 is 22.7 Å². The number of fused-ring (bicyclic) bond motifs is 1. The van der Waals surface area contributed by atoms with Gasteiger partial charge in [0.25, 0.3) is 5.56 Å².